The predicted octanol–water partition coefficient (Wildman–Crippen LogP) is 2.68. The summed E-state index contributed by atoms with van der Waals surface area (Å²) in [6.45, 7) is 4.41. The van der Waals surface area contributed by atoms with Crippen LogP contribution in [0.5, 0.6) is 0 Å². The molecule has 23 heavy (non-hydrogen) atoms. The van der Waals surface area contributed by atoms with E-state index >= 15 is 0 Å². The van der Waals surface area contributed by atoms with Gasteiger partial charge >= 0.3 is 0 Å². The molecule has 1 aromatic carbocycles. The summed E-state index contributed by atoms with van der Waals surface area (Å²) in [5.74, 6) is -0.364. The molecular formula is C16H17N3O3S. The number of anilines is 2. The number of para-hydroxylation sites is 1. The van der Waals surface area contributed by atoms with Crippen LogP contribution in [0.4, 0.5) is 10.8 Å². The van der Waals surface area contributed by atoms with Crippen molar-refractivity contribution in [1.29, 1.82) is 0 Å². The van der Waals surface area contributed by atoms with Crippen molar-refractivity contribution in [3.05, 3.63) is 40.9 Å². The maximum absolute atomic E-state index is 12.3. The van der Waals surface area contributed by atoms with Crippen molar-refractivity contribution in [3.8, 4) is 0 Å². The molecule has 2 N–H and O–H groups in total. The molecule has 0 aliphatic carbocycles. The molecule has 1 saturated heterocycles. The van der Waals surface area contributed by atoms with Crippen molar-refractivity contribution in [2.45, 2.75) is 13.8 Å². The molecule has 7 heteroatoms. The van der Waals surface area contributed by atoms with E-state index in [4.69, 9.17) is 4.74 Å². The van der Waals surface area contributed by atoms with E-state index in [1.807, 2.05) is 37.3 Å². The molecule has 0 saturated carbocycles. The average Bonchev–Trinajstić information content (AvgIpc) is 2.86. The summed E-state index contributed by atoms with van der Waals surface area (Å²) in [5, 5.41) is 6.02. The summed E-state index contributed by atoms with van der Waals surface area (Å²) >= 11 is 1.17. The number of amides is 2. The molecule has 1 fully saturated rings. The number of ether oxygens (including phenoxy) is 1. The Balaban J connectivity index is 1.70. The molecule has 2 aromatic rings. The normalized spacial score (nSPS) is 15.6. The highest BCUT2D eigenvalue weighted by Gasteiger charge is 2.41. The number of hydrogen-bond acceptors (Lipinski definition) is 5. The van der Waals surface area contributed by atoms with Gasteiger partial charge in [-0.3, -0.25) is 9.59 Å². The van der Waals surface area contributed by atoms with Crippen LogP contribution in [0, 0.1) is 12.3 Å². The standard InChI is InChI=1S/C16H17N3O3S/c1-10-12(13(20)18-11-6-4-3-5-7-11)23-15(17-10)19-14(21)16(2)8-22-9-16/h3-7H,8-9H2,1-2H3,(H,18,20)(H,17,19,21). The fourth-order valence-corrected chi connectivity index (χ4v) is 3.01. The Labute approximate surface area is 137 Å². The fourth-order valence-electron chi connectivity index (χ4n) is 2.16. The van der Waals surface area contributed by atoms with Crippen LogP contribution in [-0.4, -0.2) is 30.0 Å². The van der Waals surface area contributed by atoms with Gasteiger partial charge < -0.3 is 15.4 Å². The van der Waals surface area contributed by atoms with Crippen molar-refractivity contribution in [3.63, 3.8) is 0 Å². The number of aryl methyl sites for hydroxylation is 1. The Morgan fingerprint density at radius 1 is 1.22 bits per heavy atom. The van der Waals surface area contributed by atoms with Gasteiger partial charge in [-0.05, 0) is 26.0 Å². The molecule has 6 nitrogen and oxygen atoms in total. The third kappa shape index (κ3) is 3.25. The van der Waals surface area contributed by atoms with Crippen LogP contribution in [0.2, 0.25) is 0 Å². The molecule has 120 valence electrons. The van der Waals surface area contributed by atoms with Crippen molar-refractivity contribution >= 4 is 34.0 Å². The van der Waals surface area contributed by atoms with E-state index in [2.05, 4.69) is 15.6 Å². The minimum Gasteiger partial charge on any atom is -0.379 e. The topological polar surface area (TPSA) is 80.3 Å². The maximum Gasteiger partial charge on any atom is 0.267 e. The highest BCUT2D eigenvalue weighted by atomic mass is 32.1. The first-order valence-electron chi connectivity index (χ1n) is 7.21. The number of carbonyl (C=O) groups is 2. The molecule has 1 aliphatic rings. The lowest BCUT2D eigenvalue weighted by atomic mass is 9.88. The van der Waals surface area contributed by atoms with E-state index in [-0.39, 0.29) is 11.8 Å². The number of nitrogens with zero attached hydrogens (tertiary/aromatic N) is 1. The third-order valence-corrected chi connectivity index (χ3v) is 4.72. The lowest BCUT2D eigenvalue weighted by Crippen LogP contribution is -2.49. The van der Waals surface area contributed by atoms with Gasteiger partial charge in [-0.15, -0.1) is 0 Å². The van der Waals surface area contributed by atoms with Crippen LogP contribution in [0.25, 0.3) is 0 Å². The van der Waals surface area contributed by atoms with E-state index in [1.165, 1.54) is 11.3 Å². The SMILES string of the molecule is Cc1nc(NC(=O)C2(C)COC2)sc1C(=O)Nc1ccccc1. The van der Waals surface area contributed by atoms with E-state index in [1.54, 1.807) is 6.92 Å². The second-order valence-corrected chi connectivity index (χ2v) is 6.76. The number of nitrogens with one attached hydrogen (secondary N) is 2. The third-order valence-electron chi connectivity index (χ3n) is 3.64. The average molecular weight is 331 g/mol. The first-order chi connectivity index (χ1) is 11.0. The van der Waals surface area contributed by atoms with Gasteiger partial charge in [-0.2, -0.15) is 0 Å². The van der Waals surface area contributed by atoms with Crippen molar-refractivity contribution < 1.29 is 14.3 Å². The van der Waals surface area contributed by atoms with Crippen molar-refractivity contribution in [2.75, 3.05) is 23.8 Å². The second-order valence-electron chi connectivity index (χ2n) is 5.76. The molecule has 2 amide bonds. The number of thiazole rings is 1. The van der Waals surface area contributed by atoms with Gasteiger partial charge in [0.15, 0.2) is 5.13 Å². The monoisotopic (exact) mass is 331 g/mol. The predicted molar refractivity (Wildman–Crippen MR) is 88.8 cm³/mol. The smallest absolute Gasteiger partial charge is 0.267 e. The summed E-state index contributed by atoms with van der Waals surface area (Å²) < 4.78 is 5.09. The second kappa shape index (κ2) is 6.10. The maximum atomic E-state index is 12.3. The first kappa shape index (κ1) is 15.6. The Hall–Kier alpha value is -2.25. The zero-order valence-electron chi connectivity index (χ0n) is 12.9. The van der Waals surface area contributed by atoms with E-state index in [9.17, 15) is 9.59 Å². The molecule has 0 radical (unpaired) electrons. The van der Waals surface area contributed by atoms with Gasteiger partial charge in [-0.1, -0.05) is 29.5 Å². The lowest BCUT2D eigenvalue weighted by Gasteiger charge is -2.35. The summed E-state index contributed by atoms with van der Waals surface area (Å²) in [6, 6.07) is 9.21. The van der Waals surface area contributed by atoms with Crippen LogP contribution < -0.4 is 10.6 Å². The van der Waals surface area contributed by atoms with Crippen LogP contribution >= 0.6 is 11.3 Å². The van der Waals surface area contributed by atoms with Gasteiger partial charge in [0.1, 0.15) is 4.88 Å². The van der Waals surface area contributed by atoms with Crippen LogP contribution in [0.3, 0.4) is 0 Å². The molecule has 3 rings (SSSR count). The van der Waals surface area contributed by atoms with Crippen LogP contribution in [0.1, 0.15) is 22.3 Å². The molecule has 0 atom stereocenters. The zero-order valence-corrected chi connectivity index (χ0v) is 13.7. The van der Waals surface area contributed by atoms with E-state index in [0.29, 0.717) is 28.9 Å². The van der Waals surface area contributed by atoms with Gasteiger partial charge in [-0.25, -0.2) is 4.98 Å². The van der Waals surface area contributed by atoms with Gasteiger partial charge in [0.25, 0.3) is 5.91 Å². The van der Waals surface area contributed by atoms with E-state index < -0.39 is 5.41 Å². The Morgan fingerprint density at radius 3 is 2.52 bits per heavy atom. The summed E-state index contributed by atoms with van der Waals surface area (Å²) in [5.41, 5.74) is 0.801. The van der Waals surface area contributed by atoms with Crippen molar-refractivity contribution in [2.24, 2.45) is 5.41 Å². The van der Waals surface area contributed by atoms with Crippen LogP contribution in [-0.2, 0) is 9.53 Å². The minimum absolute atomic E-state index is 0.132. The molecule has 2 heterocycles. The number of rotatable bonds is 4. The molecule has 1 aromatic heterocycles. The molecule has 1 aliphatic heterocycles. The summed E-state index contributed by atoms with van der Waals surface area (Å²) in [4.78, 5) is 29.3. The molecule has 0 spiro atoms. The zero-order chi connectivity index (χ0) is 16.4. The Bertz CT molecular complexity index is 738. The summed E-state index contributed by atoms with van der Waals surface area (Å²) in [7, 11) is 0. The van der Waals surface area contributed by atoms with Gasteiger partial charge in [0.2, 0.25) is 5.91 Å². The number of hydrogen-bond donors (Lipinski definition) is 2. The summed E-state index contributed by atoms with van der Waals surface area (Å²) in [6.07, 6.45) is 0. The first-order valence-corrected chi connectivity index (χ1v) is 8.03. The number of carbonyl (C=O) groups excluding carboxylic acids is 2. The highest BCUT2D eigenvalue weighted by molar-refractivity contribution is 7.17. The van der Waals surface area contributed by atoms with Crippen molar-refractivity contribution in [1.82, 2.24) is 4.98 Å². The van der Waals surface area contributed by atoms with E-state index in [0.717, 1.165) is 5.69 Å². The number of benzene rings is 1. The van der Waals surface area contributed by atoms with Crippen LogP contribution in [0.15, 0.2) is 30.3 Å². The minimum atomic E-state index is -0.508. The molecule has 0 bridgehead atoms. The van der Waals surface area contributed by atoms with Gasteiger partial charge in [0.05, 0.1) is 24.3 Å². The fraction of sp³-hybridized carbons (Fsp3) is 0.312. The molecular weight excluding hydrogens is 314 g/mol. The largest absolute Gasteiger partial charge is 0.379 e. The quantitative estimate of drug-likeness (QED) is 0.902. The Kier molecular flexibility index (Phi) is 4.14. The molecule has 0 unspecified atom stereocenters. The van der Waals surface area contributed by atoms with Gasteiger partial charge in [0, 0.05) is 5.69 Å². The Morgan fingerprint density at radius 2 is 1.91 bits per heavy atom. The highest BCUT2D eigenvalue weighted by Crippen LogP contribution is 2.30. The lowest BCUT2D eigenvalue weighted by molar-refractivity contribution is -0.151. The number of aromatic nitrogens is 1.